The van der Waals surface area contributed by atoms with Crippen LogP contribution in [0.4, 0.5) is 4.39 Å². The number of hydrogen-bond donors (Lipinski definition) is 1. The molecule has 2 rings (SSSR count). The zero-order valence-electron chi connectivity index (χ0n) is 9.41. The summed E-state index contributed by atoms with van der Waals surface area (Å²) in [5.74, 6) is 0.620. The van der Waals surface area contributed by atoms with Crippen LogP contribution in [0, 0.1) is 5.82 Å². The van der Waals surface area contributed by atoms with Gasteiger partial charge in [0.05, 0.1) is 5.52 Å². The molecule has 0 atom stereocenters. The number of para-hydroxylation sites is 1. The molecule has 0 radical (unpaired) electrons. The van der Waals surface area contributed by atoms with Crippen molar-refractivity contribution in [2.75, 3.05) is 6.54 Å². The standard InChI is InChI=1S/C12H16FN3/c1-2-8-16-10-5-3-4-9(13)12(10)15-11(16)6-7-14/h3-5H,2,6-8,14H2,1H3. The minimum atomic E-state index is -0.259. The molecule has 4 heteroatoms. The van der Waals surface area contributed by atoms with E-state index in [4.69, 9.17) is 5.73 Å². The highest BCUT2D eigenvalue weighted by Gasteiger charge is 2.11. The van der Waals surface area contributed by atoms with Gasteiger partial charge in [-0.1, -0.05) is 13.0 Å². The van der Waals surface area contributed by atoms with Crippen LogP contribution in [0.2, 0.25) is 0 Å². The number of nitrogens with zero attached hydrogens (tertiary/aromatic N) is 2. The van der Waals surface area contributed by atoms with E-state index in [9.17, 15) is 4.39 Å². The van der Waals surface area contributed by atoms with Crippen molar-refractivity contribution < 1.29 is 4.39 Å². The molecule has 2 N–H and O–H groups in total. The van der Waals surface area contributed by atoms with Crippen LogP contribution in [0.15, 0.2) is 18.2 Å². The maximum atomic E-state index is 13.6. The molecule has 0 aliphatic carbocycles. The molecule has 0 aliphatic heterocycles. The number of rotatable bonds is 4. The first-order valence-corrected chi connectivity index (χ1v) is 5.61. The van der Waals surface area contributed by atoms with Crippen molar-refractivity contribution in [3.8, 4) is 0 Å². The van der Waals surface area contributed by atoms with Crippen molar-refractivity contribution in [2.24, 2.45) is 5.73 Å². The number of aromatic nitrogens is 2. The van der Waals surface area contributed by atoms with E-state index >= 15 is 0 Å². The quantitative estimate of drug-likeness (QED) is 0.859. The van der Waals surface area contributed by atoms with Crippen LogP contribution in [0.25, 0.3) is 11.0 Å². The molecule has 1 aromatic carbocycles. The van der Waals surface area contributed by atoms with Gasteiger partial charge in [-0.25, -0.2) is 9.37 Å². The lowest BCUT2D eigenvalue weighted by molar-refractivity contribution is 0.637. The highest BCUT2D eigenvalue weighted by atomic mass is 19.1. The Morgan fingerprint density at radius 1 is 1.44 bits per heavy atom. The van der Waals surface area contributed by atoms with E-state index in [0.29, 0.717) is 18.5 Å². The van der Waals surface area contributed by atoms with Gasteiger partial charge >= 0.3 is 0 Å². The lowest BCUT2D eigenvalue weighted by Gasteiger charge is -2.06. The summed E-state index contributed by atoms with van der Waals surface area (Å²) in [7, 11) is 0. The van der Waals surface area contributed by atoms with Crippen molar-refractivity contribution in [1.82, 2.24) is 9.55 Å². The first kappa shape index (κ1) is 11.1. The Hall–Kier alpha value is -1.42. The highest BCUT2D eigenvalue weighted by molar-refractivity contribution is 5.76. The first-order valence-electron chi connectivity index (χ1n) is 5.61. The lowest BCUT2D eigenvalue weighted by atomic mass is 10.3. The van der Waals surface area contributed by atoms with Crippen LogP contribution in [0.3, 0.4) is 0 Å². The molecule has 1 heterocycles. The summed E-state index contributed by atoms with van der Waals surface area (Å²) in [4.78, 5) is 4.33. The van der Waals surface area contributed by atoms with E-state index < -0.39 is 0 Å². The summed E-state index contributed by atoms with van der Waals surface area (Å²) < 4.78 is 15.6. The van der Waals surface area contributed by atoms with Gasteiger partial charge in [-0.2, -0.15) is 0 Å². The fourth-order valence-corrected chi connectivity index (χ4v) is 1.95. The Morgan fingerprint density at radius 3 is 2.94 bits per heavy atom. The highest BCUT2D eigenvalue weighted by Crippen LogP contribution is 2.19. The second-order valence-electron chi connectivity index (χ2n) is 3.83. The van der Waals surface area contributed by atoms with Crippen LogP contribution in [-0.2, 0) is 13.0 Å². The van der Waals surface area contributed by atoms with E-state index in [0.717, 1.165) is 24.3 Å². The predicted molar refractivity (Wildman–Crippen MR) is 62.7 cm³/mol. The van der Waals surface area contributed by atoms with E-state index in [2.05, 4.69) is 16.5 Å². The molecule has 86 valence electrons. The number of aryl methyl sites for hydroxylation is 1. The van der Waals surface area contributed by atoms with E-state index in [-0.39, 0.29) is 5.82 Å². The van der Waals surface area contributed by atoms with Crippen LogP contribution in [-0.4, -0.2) is 16.1 Å². The van der Waals surface area contributed by atoms with Gasteiger partial charge in [-0.15, -0.1) is 0 Å². The third kappa shape index (κ3) is 1.80. The average molecular weight is 221 g/mol. The van der Waals surface area contributed by atoms with Gasteiger partial charge < -0.3 is 10.3 Å². The van der Waals surface area contributed by atoms with E-state index in [1.807, 2.05) is 6.07 Å². The number of benzene rings is 1. The van der Waals surface area contributed by atoms with Gasteiger partial charge in [0.15, 0.2) is 5.82 Å². The number of fused-ring (bicyclic) bond motifs is 1. The molecule has 1 aromatic heterocycles. The lowest BCUT2D eigenvalue weighted by Crippen LogP contribution is -2.09. The SMILES string of the molecule is CCCn1c(CCN)nc2c(F)cccc21. The zero-order chi connectivity index (χ0) is 11.5. The maximum absolute atomic E-state index is 13.6. The Kier molecular flexibility index (Phi) is 3.19. The number of nitrogens with two attached hydrogens (primary N) is 1. The Labute approximate surface area is 94.1 Å². The molecule has 2 aromatic rings. The van der Waals surface area contributed by atoms with Crippen LogP contribution in [0.5, 0.6) is 0 Å². The number of halogens is 1. The molecule has 0 aliphatic rings. The largest absolute Gasteiger partial charge is 0.330 e. The maximum Gasteiger partial charge on any atom is 0.151 e. The number of imidazole rings is 1. The Morgan fingerprint density at radius 2 is 2.25 bits per heavy atom. The summed E-state index contributed by atoms with van der Waals surface area (Å²) in [6.45, 7) is 3.49. The van der Waals surface area contributed by atoms with Gasteiger partial charge in [0, 0.05) is 13.0 Å². The molecule has 0 saturated heterocycles. The third-order valence-electron chi connectivity index (χ3n) is 2.62. The molecular weight excluding hydrogens is 205 g/mol. The molecule has 0 spiro atoms. The summed E-state index contributed by atoms with van der Waals surface area (Å²) in [6, 6.07) is 5.07. The van der Waals surface area contributed by atoms with Crippen molar-refractivity contribution in [1.29, 1.82) is 0 Å². The summed E-state index contributed by atoms with van der Waals surface area (Å²) in [5.41, 5.74) is 6.86. The number of hydrogen-bond acceptors (Lipinski definition) is 2. The second-order valence-corrected chi connectivity index (χ2v) is 3.83. The topological polar surface area (TPSA) is 43.8 Å². The monoisotopic (exact) mass is 221 g/mol. The van der Waals surface area contributed by atoms with Gasteiger partial charge in [0.25, 0.3) is 0 Å². The fourth-order valence-electron chi connectivity index (χ4n) is 1.95. The molecule has 0 saturated carbocycles. The molecule has 0 unspecified atom stereocenters. The van der Waals surface area contributed by atoms with E-state index in [1.54, 1.807) is 6.07 Å². The van der Waals surface area contributed by atoms with Crippen molar-refractivity contribution in [2.45, 2.75) is 26.3 Å². The van der Waals surface area contributed by atoms with Gasteiger partial charge in [-0.3, -0.25) is 0 Å². The summed E-state index contributed by atoms with van der Waals surface area (Å²) in [5, 5.41) is 0. The van der Waals surface area contributed by atoms with Gasteiger partial charge in [0.1, 0.15) is 11.3 Å². The third-order valence-corrected chi connectivity index (χ3v) is 2.62. The van der Waals surface area contributed by atoms with Gasteiger partial charge in [0.2, 0.25) is 0 Å². The molecular formula is C12H16FN3. The second kappa shape index (κ2) is 4.61. The summed E-state index contributed by atoms with van der Waals surface area (Å²) >= 11 is 0. The van der Waals surface area contributed by atoms with Crippen LogP contribution in [0.1, 0.15) is 19.2 Å². The molecule has 0 fully saturated rings. The zero-order valence-corrected chi connectivity index (χ0v) is 9.41. The summed E-state index contributed by atoms with van der Waals surface area (Å²) in [6.07, 6.45) is 1.69. The first-order chi connectivity index (χ1) is 7.77. The van der Waals surface area contributed by atoms with E-state index in [1.165, 1.54) is 6.07 Å². The Bertz CT molecular complexity index is 490. The Balaban J connectivity index is 2.60. The average Bonchev–Trinajstić information content (AvgIpc) is 2.61. The smallest absolute Gasteiger partial charge is 0.151 e. The fraction of sp³-hybridized carbons (Fsp3) is 0.417. The molecule has 3 nitrogen and oxygen atoms in total. The predicted octanol–water partition coefficient (Wildman–Crippen LogP) is 2.09. The molecule has 16 heavy (non-hydrogen) atoms. The minimum absolute atomic E-state index is 0.259. The van der Waals surface area contributed by atoms with Gasteiger partial charge in [-0.05, 0) is 25.1 Å². The van der Waals surface area contributed by atoms with Crippen molar-refractivity contribution in [3.63, 3.8) is 0 Å². The van der Waals surface area contributed by atoms with Crippen molar-refractivity contribution in [3.05, 3.63) is 29.8 Å². The van der Waals surface area contributed by atoms with Crippen LogP contribution < -0.4 is 5.73 Å². The molecule has 0 amide bonds. The normalized spacial score (nSPS) is 11.2. The minimum Gasteiger partial charge on any atom is -0.330 e. The molecule has 0 bridgehead atoms. The van der Waals surface area contributed by atoms with Crippen LogP contribution >= 0.6 is 0 Å². The van der Waals surface area contributed by atoms with Crippen molar-refractivity contribution >= 4 is 11.0 Å².